The van der Waals surface area contributed by atoms with Gasteiger partial charge in [-0.25, -0.2) is 4.98 Å². The number of rotatable bonds is 9. The fourth-order valence-electron chi connectivity index (χ4n) is 3.70. The van der Waals surface area contributed by atoms with Crippen LogP contribution in [0.15, 0.2) is 23.3 Å². The maximum Gasteiger partial charge on any atom is 0.191 e. The van der Waals surface area contributed by atoms with Crippen LogP contribution in [0.3, 0.4) is 0 Å². The van der Waals surface area contributed by atoms with E-state index in [-0.39, 0.29) is 0 Å². The fourth-order valence-corrected chi connectivity index (χ4v) is 3.70. The highest BCUT2D eigenvalue weighted by Gasteiger charge is 2.17. The molecule has 7 nitrogen and oxygen atoms in total. The Morgan fingerprint density at radius 2 is 2.14 bits per heavy atom. The Kier molecular flexibility index (Phi) is 9.02. The Hall–Kier alpha value is -1.86. The Balaban J connectivity index is 1.29. The Labute approximate surface area is 175 Å². The molecule has 0 radical (unpaired) electrons. The van der Waals surface area contributed by atoms with Gasteiger partial charge in [0.15, 0.2) is 5.96 Å². The van der Waals surface area contributed by atoms with Crippen LogP contribution in [-0.2, 0) is 16.0 Å². The summed E-state index contributed by atoms with van der Waals surface area (Å²) in [7, 11) is 1.80. The van der Waals surface area contributed by atoms with Gasteiger partial charge in [-0.2, -0.15) is 0 Å². The molecule has 2 saturated heterocycles. The molecule has 162 valence electrons. The van der Waals surface area contributed by atoms with E-state index < -0.39 is 0 Å². The number of pyridine rings is 1. The molecular weight excluding hydrogens is 366 g/mol. The monoisotopic (exact) mass is 403 g/mol. The molecule has 0 aliphatic carbocycles. The molecule has 0 saturated carbocycles. The summed E-state index contributed by atoms with van der Waals surface area (Å²) >= 11 is 0. The van der Waals surface area contributed by atoms with Gasteiger partial charge in [0.05, 0.1) is 13.2 Å². The van der Waals surface area contributed by atoms with E-state index in [4.69, 9.17) is 9.47 Å². The van der Waals surface area contributed by atoms with Crippen LogP contribution in [0.5, 0.6) is 0 Å². The van der Waals surface area contributed by atoms with Crippen molar-refractivity contribution in [2.45, 2.75) is 39.2 Å². The van der Waals surface area contributed by atoms with Crippen LogP contribution < -0.4 is 15.5 Å². The zero-order valence-corrected chi connectivity index (χ0v) is 18.0. The number of piperidine rings is 1. The van der Waals surface area contributed by atoms with Crippen molar-refractivity contribution in [3.05, 3.63) is 23.9 Å². The van der Waals surface area contributed by atoms with Gasteiger partial charge in [0.2, 0.25) is 0 Å². The topological polar surface area (TPSA) is 71.0 Å². The quantitative estimate of drug-likeness (QED) is 0.375. The molecule has 0 amide bonds. The Morgan fingerprint density at radius 3 is 2.83 bits per heavy atom. The lowest BCUT2D eigenvalue weighted by atomic mass is 9.99. The highest BCUT2D eigenvalue weighted by Crippen LogP contribution is 2.21. The second-order valence-electron chi connectivity index (χ2n) is 8.20. The molecule has 1 aromatic rings. The van der Waals surface area contributed by atoms with Gasteiger partial charge < -0.3 is 25.0 Å². The summed E-state index contributed by atoms with van der Waals surface area (Å²) in [6, 6.07) is 4.29. The van der Waals surface area contributed by atoms with Crippen molar-refractivity contribution in [1.29, 1.82) is 0 Å². The van der Waals surface area contributed by atoms with E-state index in [1.54, 1.807) is 7.05 Å². The van der Waals surface area contributed by atoms with Gasteiger partial charge in [-0.3, -0.25) is 4.99 Å². The molecule has 7 heteroatoms. The highest BCUT2D eigenvalue weighted by atomic mass is 16.5. The number of anilines is 1. The molecule has 2 aliphatic heterocycles. The first-order chi connectivity index (χ1) is 14.2. The first-order valence-electron chi connectivity index (χ1n) is 11.0. The number of hydrogen-bond donors (Lipinski definition) is 2. The zero-order valence-electron chi connectivity index (χ0n) is 18.0. The van der Waals surface area contributed by atoms with Crippen LogP contribution in [0.2, 0.25) is 0 Å². The number of guanidine groups is 1. The third-order valence-corrected chi connectivity index (χ3v) is 5.74. The van der Waals surface area contributed by atoms with Gasteiger partial charge in [-0.1, -0.05) is 13.0 Å². The first kappa shape index (κ1) is 21.8. The smallest absolute Gasteiger partial charge is 0.191 e. The van der Waals surface area contributed by atoms with E-state index in [2.05, 4.69) is 44.6 Å². The molecule has 2 fully saturated rings. The molecule has 1 atom stereocenters. The second-order valence-corrected chi connectivity index (χ2v) is 8.20. The van der Waals surface area contributed by atoms with Gasteiger partial charge in [0.1, 0.15) is 5.82 Å². The van der Waals surface area contributed by atoms with Gasteiger partial charge in [-0.15, -0.1) is 0 Å². The van der Waals surface area contributed by atoms with E-state index >= 15 is 0 Å². The normalized spacial score (nSPS) is 20.8. The summed E-state index contributed by atoms with van der Waals surface area (Å²) in [6.07, 6.45) is 6.56. The minimum Gasteiger partial charge on any atom is -0.381 e. The van der Waals surface area contributed by atoms with Gasteiger partial charge in [0.25, 0.3) is 0 Å². The fraction of sp³-hybridized carbons (Fsp3) is 0.727. The lowest BCUT2D eigenvalue weighted by molar-refractivity contribution is 0.0888. The minimum absolute atomic E-state index is 0.580. The van der Waals surface area contributed by atoms with Crippen LogP contribution >= 0.6 is 0 Å². The summed E-state index contributed by atoms with van der Waals surface area (Å²) in [4.78, 5) is 11.3. The minimum atomic E-state index is 0.580. The van der Waals surface area contributed by atoms with E-state index in [1.807, 2.05) is 6.20 Å². The lowest BCUT2D eigenvalue weighted by Gasteiger charge is -2.31. The van der Waals surface area contributed by atoms with Crippen LogP contribution in [-0.4, -0.2) is 64.1 Å². The molecule has 2 N–H and O–H groups in total. The van der Waals surface area contributed by atoms with Crippen molar-refractivity contribution in [2.75, 3.05) is 58.0 Å². The summed E-state index contributed by atoms with van der Waals surface area (Å²) < 4.78 is 11.1. The van der Waals surface area contributed by atoms with Crippen LogP contribution in [0.25, 0.3) is 0 Å². The van der Waals surface area contributed by atoms with E-state index in [0.29, 0.717) is 12.5 Å². The maximum absolute atomic E-state index is 5.74. The molecule has 3 rings (SSSR count). The predicted octanol–water partition coefficient (Wildman–Crippen LogP) is 2.43. The SMILES string of the molecule is CN=C(NCCCOCC1CCOC1)NCc1ccc(N2CCC(C)CC2)nc1. The zero-order chi connectivity index (χ0) is 20.3. The predicted molar refractivity (Wildman–Crippen MR) is 117 cm³/mol. The van der Waals surface area contributed by atoms with Gasteiger partial charge in [-0.05, 0) is 43.2 Å². The van der Waals surface area contributed by atoms with Gasteiger partial charge in [0, 0.05) is 58.6 Å². The summed E-state index contributed by atoms with van der Waals surface area (Å²) in [6.45, 7) is 9.41. The van der Waals surface area contributed by atoms with Crippen LogP contribution in [0, 0.1) is 11.8 Å². The first-order valence-corrected chi connectivity index (χ1v) is 11.0. The number of aromatic nitrogens is 1. The molecular formula is C22H37N5O2. The summed E-state index contributed by atoms with van der Waals surface area (Å²) in [5, 5.41) is 6.69. The lowest BCUT2D eigenvalue weighted by Crippen LogP contribution is -2.37. The van der Waals surface area contributed by atoms with Crippen LogP contribution in [0.1, 0.15) is 38.2 Å². The number of hydrogen-bond acceptors (Lipinski definition) is 5. The maximum atomic E-state index is 5.74. The van der Waals surface area contributed by atoms with Gasteiger partial charge >= 0.3 is 0 Å². The molecule has 0 spiro atoms. The Morgan fingerprint density at radius 1 is 1.28 bits per heavy atom. The Bertz CT molecular complexity index is 608. The van der Waals surface area contributed by atoms with Crippen molar-refractivity contribution in [2.24, 2.45) is 16.8 Å². The summed E-state index contributed by atoms with van der Waals surface area (Å²) in [5.41, 5.74) is 1.16. The molecule has 0 aromatic carbocycles. The molecule has 29 heavy (non-hydrogen) atoms. The molecule has 1 unspecified atom stereocenters. The summed E-state index contributed by atoms with van der Waals surface area (Å²) in [5.74, 6) is 3.31. The number of nitrogens with one attached hydrogen (secondary N) is 2. The average molecular weight is 404 g/mol. The van der Waals surface area contributed by atoms with Crippen LogP contribution in [0.4, 0.5) is 5.82 Å². The van der Waals surface area contributed by atoms with E-state index in [9.17, 15) is 0 Å². The highest BCUT2D eigenvalue weighted by molar-refractivity contribution is 5.79. The number of ether oxygens (including phenoxy) is 2. The third kappa shape index (κ3) is 7.48. The van der Waals surface area contributed by atoms with Crippen molar-refractivity contribution in [3.63, 3.8) is 0 Å². The van der Waals surface area contributed by atoms with E-state index in [0.717, 1.165) is 82.2 Å². The molecule has 2 aliphatic rings. The third-order valence-electron chi connectivity index (χ3n) is 5.74. The molecule has 0 bridgehead atoms. The molecule has 3 heterocycles. The average Bonchev–Trinajstić information content (AvgIpc) is 3.27. The largest absolute Gasteiger partial charge is 0.381 e. The second kappa shape index (κ2) is 12.0. The molecule has 1 aromatic heterocycles. The van der Waals surface area contributed by atoms with Crippen molar-refractivity contribution in [1.82, 2.24) is 15.6 Å². The number of nitrogens with zero attached hydrogens (tertiary/aromatic N) is 3. The standard InChI is InChI=1S/C22H37N5O2/c1-18-6-10-27(11-7-18)21-5-4-19(14-25-21)15-26-22(23-2)24-9-3-12-28-16-20-8-13-29-17-20/h4-5,14,18,20H,3,6-13,15-17H2,1-2H3,(H2,23,24,26). The van der Waals surface area contributed by atoms with Crippen molar-refractivity contribution >= 4 is 11.8 Å². The van der Waals surface area contributed by atoms with Crippen molar-refractivity contribution in [3.8, 4) is 0 Å². The van der Waals surface area contributed by atoms with E-state index in [1.165, 1.54) is 12.8 Å². The number of aliphatic imine (C=N–C) groups is 1. The van der Waals surface area contributed by atoms with Crippen molar-refractivity contribution < 1.29 is 9.47 Å².